The maximum atomic E-state index is 9.18. The number of halogens is 1. The van der Waals surface area contributed by atoms with E-state index in [4.69, 9.17) is 4.52 Å². The molecule has 2 aromatic heterocycles. The molecule has 0 aromatic carbocycles. The smallest absolute Gasteiger partial charge is 0.229 e. The van der Waals surface area contributed by atoms with Gasteiger partial charge >= 0.3 is 0 Å². The Kier molecular flexibility index (Phi) is 3.31. The number of aliphatic hydroxyl groups excluding tert-OH is 1. The first-order valence-electron chi connectivity index (χ1n) is 4.76. The summed E-state index contributed by atoms with van der Waals surface area (Å²) in [5.74, 6) is 0.898. The van der Waals surface area contributed by atoms with Gasteiger partial charge in [-0.25, -0.2) is 0 Å². The van der Waals surface area contributed by atoms with Gasteiger partial charge in [-0.2, -0.15) is 4.98 Å². The van der Waals surface area contributed by atoms with Crippen molar-refractivity contribution in [3.05, 3.63) is 28.8 Å². The summed E-state index contributed by atoms with van der Waals surface area (Å²) < 4.78 is 5.86. The Labute approximate surface area is 101 Å². The summed E-state index contributed by atoms with van der Waals surface area (Å²) in [6.07, 6.45) is 3.20. The van der Waals surface area contributed by atoms with Crippen LogP contribution in [0.1, 0.15) is 12.8 Å². The molecule has 1 unspecified atom stereocenters. The summed E-state index contributed by atoms with van der Waals surface area (Å²) in [4.78, 5) is 8.18. The Bertz CT molecular complexity index is 484. The average Bonchev–Trinajstić information content (AvgIpc) is 2.65. The first-order chi connectivity index (χ1) is 7.65. The predicted octanol–water partition coefficient (Wildman–Crippen LogP) is 1.82. The van der Waals surface area contributed by atoms with Gasteiger partial charge in [0.25, 0.3) is 0 Å². The zero-order valence-corrected chi connectivity index (χ0v) is 10.2. The van der Waals surface area contributed by atoms with Crippen LogP contribution in [0, 0.1) is 0 Å². The minimum absolute atomic E-state index is 0.356. The maximum absolute atomic E-state index is 9.18. The molecule has 0 saturated carbocycles. The normalized spacial score (nSPS) is 12.7. The van der Waals surface area contributed by atoms with Gasteiger partial charge < -0.3 is 9.63 Å². The number of aliphatic hydroxyl groups is 1. The van der Waals surface area contributed by atoms with E-state index in [9.17, 15) is 5.11 Å². The molecule has 84 valence electrons. The molecule has 0 aliphatic heterocycles. The Morgan fingerprint density at radius 1 is 1.50 bits per heavy atom. The van der Waals surface area contributed by atoms with Gasteiger partial charge in [-0.3, -0.25) is 4.98 Å². The fraction of sp³-hybridized carbons (Fsp3) is 0.300. The molecule has 0 saturated heterocycles. The third-order valence-corrected chi connectivity index (χ3v) is 2.33. The van der Waals surface area contributed by atoms with Crippen LogP contribution >= 0.6 is 15.9 Å². The Hall–Kier alpha value is -1.27. The second-order valence-electron chi connectivity index (χ2n) is 3.46. The van der Waals surface area contributed by atoms with E-state index in [2.05, 4.69) is 31.1 Å². The van der Waals surface area contributed by atoms with Gasteiger partial charge in [0.15, 0.2) is 0 Å². The minimum Gasteiger partial charge on any atom is -0.393 e. The van der Waals surface area contributed by atoms with E-state index in [1.165, 1.54) is 0 Å². The zero-order chi connectivity index (χ0) is 11.5. The van der Waals surface area contributed by atoms with Crippen molar-refractivity contribution in [3.63, 3.8) is 0 Å². The van der Waals surface area contributed by atoms with Crippen LogP contribution in [-0.2, 0) is 6.42 Å². The van der Waals surface area contributed by atoms with Gasteiger partial charge in [0.1, 0.15) is 0 Å². The molecule has 2 rings (SSSR count). The Morgan fingerprint density at radius 2 is 2.31 bits per heavy atom. The van der Waals surface area contributed by atoms with Crippen LogP contribution in [0.2, 0.25) is 0 Å². The molecular formula is C10H10BrN3O2. The number of pyridine rings is 1. The highest BCUT2D eigenvalue weighted by molar-refractivity contribution is 9.10. The van der Waals surface area contributed by atoms with Gasteiger partial charge in [0.05, 0.1) is 12.5 Å². The fourth-order valence-electron chi connectivity index (χ4n) is 1.24. The third-order valence-electron chi connectivity index (χ3n) is 1.90. The molecule has 16 heavy (non-hydrogen) atoms. The summed E-state index contributed by atoms with van der Waals surface area (Å²) in [5.41, 5.74) is 0.773. The largest absolute Gasteiger partial charge is 0.393 e. The molecule has 6 heteroatoms. The lowest BCUT2D eigenvalue weighted by molar-refractivity contribution is 0.181. The second-order valence-corrected chi connectivity index (χ2v) is 4.37. The summed E-state index contributed by atoms with van der Waals surface area (Å²) in [6, 6.07) is 1.85. The van der Waals surface area contributed by atoms with Crippen LogP contribution in [-0.4, -0.2) is 26.3 Å². The predicted molar refractivity (Wildman–Crippen MR) is 60.6 cm³/mol. The highest BCUT2D eigenvalue weighted by Crippen LogP contribution is 2.19. The van der Waals surface area contributed by atoms with Gasteiger partial charge in [0, 0.05) is 22.4 Å². The molecule has 0 aliphatic rings. The van der Waals surface area contributed by atoms with Crippen LogP contribution in [0.4, 0.5) is 0 Å². The summed E-state index contributed by atoms with van der Waals surface area (Å²) in [6.45, 7) is 1.67. The molecule has 1 N–H and O–H groups in total. The summed E-state index contributed by atoms with van der Waals surface area (Å²) >= 11 is 3.32. The third kappa shape index (κ3) is 2.65. The van der Waals surface area contributed by atoms with Crippen molar-refractivity contribution in [1.29, 1.82) is 0 Å². The van der Waals surface area contributed by atoms with Crippen LogP contribution in [0.15, 0.2) is 27.5 Å². The number of aromatic nitrogens is 3. The van der Waals surface area contributed by atoms with E-state index in [0.29, 0.717) is 18.1 Å². The number of hydrogen-bond acceptors (Lipinski definition) is 5. The fourth-order valence-corrected chi connectivity index (χ4v) is 1.61. The Morgan fingerprint density at radius 3 is 3.00 bits per heavy atom. The van der Waals surface area contributed by atoms with Crippen molar-refractivity contribution in [1.82, 2.24) is 15.1 Å². The lowest BCUT2D eigenvalue weighted by Crippen LogP contribution is -2.04. The van der Waals surface area contributed by atoms with Crippen molar-refractivity contribution in [2.24, 2.45) is 0 Å². The van der Waals surface area contributed by atoms with E-state index in [1.54, 1.807) is 19.3 Å². The number of hydrogen-bond donors (Lipinski definition) is 1. The van der Waals surface area contributed by atoms with Crippen molar-refractivity contribution in [3.8, 4) is 11.4 Å². The Balaban J connectivity index is 2.24. The van der Waals surface area contributed by atoms with Crippen LogP contribution in [0.5, 0.6) is 0 Å². The average molecular weight is 284 g/mol. The topological polar surface area (TPSA) is 72.0 Å². The maximum Gasteiger partial charge on any atom is 0.229 e. The molecular weight excluding hydrogens is 274 g/mol. The summed E-state index contributed by atoms with van der Waals surface area (Å²) in [5, 5.41) is 13.0. The summed E-state index contributed by atoms with van der Waals surface area (Å²) in [7, 11) is 0. The first-order valence-corrected chi connectivity index (χ1v) is 5.56. The molecule has 2 heterocycles. The first kappa shape index (κ1) is 11.2. The zero-order valence-electron chi connectivity index (χ0n) is 8.59. The van der Waals surface area contributed by atoms with E-state index in [1.807, 2.05) is 6.07 Å². The molecule has 0 radical (unpaired) electrons. The highest BCUT2D eigenvalue weighted by Gasteiger charge is 2.10. The van der Waals surface area contributed by atoms with Gasteiger partial charge in [-0.1, -0.05) is 5.16 Å². The lowest BCUT2D eigenvalue weighted by Gasteiger charge is -1.96. The van der Waals surface area contributed by atoms with E-state index in [0.717, 1.165) is 10.0 Å². The van der Waals surface area contributed by atoms with Crippen molar-refractivity contribution in [2.75, 3.05) is 0 Å². The van der Waals surface area contributed by atoms with Crippen molar-refractivity contribution < 1.29 is 9.63 Å². The van der Waals surface area contributed by atoms with Gasteiger partial charge in [-0.05, 0) is 28.9 Å². The molecule has 1 atom stereocenters. The molecule has 0 amide bonds. The molecule has 0 bridgehead atoms. The monoisotopic (exact) mass is 283 g/mol. The van der Waals surface area contributed by atoms with E-state index >= 15 is 0 Å². The molecule has 0 aliphatic carbocycles. The molecule has 5 nitrogen and oxygen atoms in total. The standard InChI is InChI=1S/C10H10BrN3O2/c1-6(15)2-9-13-10(14-16-9)7-3-8(11)5-12-4-7/h3-6,15H,2H2,1H3. The second kappa shape index (κ2) is 4.71. The molecule has 0 fully saturated rings. The van der Waals surface area contributed by atoms with E-state index < -0.39 is 6.10 Å². The van der Waals surface area contributed by atoms with Crippen LogP contribution in [0.3, 0.4) is 0 Å². The SMILES string of the molecule is CC(O)Cc1nc(-c2cncc(Br)c2)no1. The van der Waals surface area contributed by atoms with E-state index in [-0.39, 0.29) is 0 Å². The number of rotatable bonds is 3. The lowest BCUT2D eigenvalue weighted by atomic mass is 10.2. The van der Waals surface area contributed by atoms with Crippen LogP contribution < -0.4 is 0 Å². The quantitative estimate of drug-likeness (QED) is 0.930. The molecule has 2 aromatic rings. The van der Waals surface area contributed by atoms with Crippen molar-refractivity contribution in [2.45, 2.75) is 19.4 Å². The number of nitrogens with zero attached hydrogens (tertiary/aromatic N) is 3. The molecule has 0 spiro atoms. The highest BCUT2D eigenvalue weighted by atomic mass is 79.9. The van der Waals surface area contributed by atoms with Gasteiger partial charge in [0.2, 0.25) is 11.7 Å². The van der Waals surface area contributed by atoms with Crippen LogP contribution in [0.25, 0.3) is 11.4 Å². The van der Waals surface area contributed by atoms with Crippen molar-refractivity contribution >= 4 is 15.9 Å². The minimum atomic E-state index is -0.492. The van der Waals surface area contributed by atoms with Gasteiger partial charge in [-0.15, -0.1) is 0 Å².